The van der Waals surface area contributed by atoms with Crippen LogP contribution in [0.1, 0.15) is 16.7 Å². The molecule has 0 amide bonds. The summed E-state index contributed by atoms with van der Waals surface area (Å²) >= 11 is 0. The molecule has 0 aromatic heterocycles. The molecular weight excluding hydrogens is 300 g/mol. The average Bonchev–Trinajstić information content (AvgIpc) is 2.32. The van der Waals surface area contributed by atoms with Crippen LogP contribution in [0.25, 0.3) is 0 Å². The van der Waals surface area contributed by atoms with Crippen molar-refractivity contribution in [3.05, 3.63) is 65.2 Å². The smallest absolute Gasteiger partial charge is 1.00 e. The molecule has 2 rings (SSSR count). The summed E-state index contributed by atoms with van der Waals surface area (Å²) in [7, 11) is 0. The fraction of sp³-hybridized carbons (Fsp3) is 0.200. The van der Waals surface area contributed by atoms with Gasteiger partial charge in [0.05, 0.1) is 6.61 Å². The molecule has 0 unspecified atom stereocenters. The molecule has 2 aromatic rings. The quantitative estimate of drug-likeness (QED) is 0.585. The largest absolute Gasteiger partial charge is 2.00 e. The van der Waals surface area contributed by atoms with E-state index >= 15 is 0 Å². The third-order valence-corrected chi connectivity index (χ3v) is 2.66. The van der Waals surface area contributed by atoms with E-state index in [1.54, 1.807) is 0 Å². The average molecular weight is 315 g/mol. The number of hydrogen-bond acceptors (Lipinski definition) is 1. The molecule has 0 heterocycles. The number of halogens is 1. The molecule has 2 aromatic carbocycles. The summed E-state index contributed by atoms with van der Waals surface area (Å²) in [4.78, 5) is 0. The Morgan fingerprint density at radius 1 is 1.11 bits per heavy atom. The van der Waals surface area contributed by atoms with Crippen LogP contribution in [0.4, 0.5) is 0 Å². The van der Waals surface area contributed by atoms with Crippen LogP contribution in [0.2, 0.25) is 0 Å². The van der Waals surface area contributed by atoms with Gasteiger partial charge in [0.25, 0.3) is 0 Å². The van der Waals surface area contributed by atoms with Gasteiger partial charge >= 0.3 is 23.1 Å². The Balaban J connectivity index is 0.00000144. The molecule has 0 radical (unpaired) electrons. The molecule has 0 saturated heterocycles. The fourth-order valence-corrected chi connectivity index (χ4v) is 1.49. The predicted octanol–water partition coefficient (Wildman–Crippen LogP) is 0.306. The van der Waals surface area contributed by atoms with Crippen molar-refractivity contribution >= 4 is 23.1 Å². The van der Waals surface area contributed by atoms with Gasteiger partial charge in [0.2, 0.25) is 0 Å². The van der Waals surface area contributed by atoms with Crippen molar-refractivity contribution in [1.29, 1.82) is 0 Å². The van der Waals surface area contributed by atoms with Crippen molar-refractivity contribution in [3.63, 3.8) is 0 Å². The summed E-state index contributed by atoms with van der Waals surface area (Å²) in [5.74, 6) is 0.923. The van der Waals surface area contributed by atoms with Gasteiger partial charge in [0.1, 0.15) is 5.75 Å². The van der Waals surface area contributed by atoms with Crippen LogP contribution in [0, 0.1) is 19.9 Å². The Morgan fingerprint density at radius 3 is 2.50 bits per heavy atom. The van der Waals surface area contributed by atoms with Crippen molar-refractivity contribution in [1.82, 2.24) is 0 Å². The molecule has 0 fully saturated rings. The standard InChI is InChI=1S/C15H15O.BrH.Mg/c1-12-8-9-15(10-13(12)2)16-11-14-6-4-3-5-7-14;;/h3-4,6-10H,11H2,1-2H3;1H;/q-1;;+2/p-1. The molecule has 3 heteroatoms. The van der Waals surface area contributed by atoms with Crippen LogP contribution in [0.5, 0.6) is 5.75 Å². The molecule has 1 nitrogen and oxygen atoms in total. The Hall–Kier alpha value is -0.514. The minimum Gasteiger partial charge on any atom is -1.00 e. The van der Waals surface area contributed by atoms with Gasteiger partial charge < -0.3 is 21.7 Å². The Kier molecular flexibility index (Phi) is 8.32. The van der Waals surface area contributed by atoms with Crippen LogP contribution >= 0.6 is 0 Å². The number of benzene rings is 2. The van der Waals surface area contributed by atoms with Crippen LogP contribution < -0.4 is 21.7 Å². The molecule has 0 atom stereocenters. The predicted molar refractivity (Wildman–Crippen MR) is 71.3 cm³/mol. The SMILES string of the molecule is Cc1ccc(OCc2c[c-]ccc2)cc1C.[Br-].[Mg+2]. The molecule has 0 aliphatic heterocycles. The molecule has 0 aliphatic carbocycles. The second-order valence-electron chi connectivity index (χ2n) is 3.95. The van der Waals surface area contributed by atoms with E-state index in [0.29, 0.717) is 6.61 Å². The van der Waals surface area contributed by atoms with Crippen molar-refractivity contribution in [2.75, 3.05) is 0 Å². The monoisotopic (exact) mass is 314 g/mol. The first-order valence-electron chi connectivity index (χ1n) is 5.41. The number of ether oxygens (including phenoxy) is 1. The van der Waals surface area contributed by atoms with E-state index in [0.717, 1.165) is 11.3 Å². The number of aryl methyl sites for hydroxylation is 2. The van der Waals surface area contributed by atoms with Gasteiger partial charge in [-0.25, -0.2) is 0 Å². The van der Waals surface area contributed by atoms with Crippen LogP contribution in [0.3, 0.4) is 0 Å². The maximum atomic E-state index is 5.71. The van der Waals surface area contributed by atoms with E-state index in [2.05, 4.69) is 32.0 Å². The second-order valence-corrected chi connectivity index (χ2v) is 3.95. The van der Waals surface area contributed by atoms with Crippen molar-refractivity contribution < 1.29 is 21.7 Å². The van der Waals surface area contributed by atoms with Gasteiger partial charge in [0, 0.05) is 0 Å². The molecule has 0 saturated carbocycles. The first-order chi connectivity index (χ1) is 7.75. The second kappa shape index (κ2) is 8.56. The molecule has 0 N–H and O–H groups in total. The van der Waals surface area contributed by atoms with Gasteiger partial charge in [-0.2, -0.15) is 30.3 Å². The fourth-order valence-electron chi connectivity index (χ4n) is 1.49. The molecule has 0 spiro atoms. The van der Waals surface area contributed by atoms with E-state index < -0.39 is 0 Å². The summed E-state index contributed by atoms with van der Waals surface area (Å²) in [6.07, 6.45) is 0. The first kappa shape index (κ1) is 17.5. The maximum Gasteiger partial charge on any atom is 2.00 e. The third-order valence-electron chi connectivity index (χ3n) is 2.66. The Morgan fingerprint density at radius 2 is 1.89 bits per heavy atom. The van der Waals surface area contributed by atoms with Gasteiger partial charge in [0.15, 0.2) is 0 Å². The van der Waals surface area contributed by atoms with E-state index in [1.807, 2.05) is 30.3 Å². The minimum atomic E-state index is 0. The Bertz CT molecular complexity index is 471. The zero-order valence-electron chi connectivity index (χ0n) is 10.7. The zero-order chi connectivity index (χ0) is 11.4. The van der Waals surface area contributed by atoms with Gasteiger partial charge in [-0.3, -0.25) is 0 Å². The number of hydrogen-bond donors (Lipinski definition) is 0. The van der Waals surface area contributed by atoms with Crippen molar-refractivity contribution in [3.8, 4) is 5.75 Å². The zero-order valence-corrected chi connectivity index (χ0v) is 13.7. The molecule has 90 valence electrons. The Labute approximate surface area is 135 Å². The van der Waals surface area contributed by atoms with E-state index in [9.17, 15) is 0 Å². The van der Waals surface area contributed by atoms with Crippen LogP contribution in [-0.4, -0.2) is 23.1 Å². The summed E-state index contributed by atoms with van der Waals surface area (Å²) in [6, 6.07) is 17.0. The summed E-state index contributed by atoms with van der Waals surface area (Å²) in [6.45, 7) is 4.80. The first-order valence-corrected chi connectivity index (χ1v) is 5.41. The minimum absolute atomic E-state index is 0. The van der Waals surface area contributed by atoms with Gasteiger partial charge in [-0.15, -0.1) is 5.56 Å². The molecular formula is C15H15BrMgO. The van der Waals surface area contributed by atoms with Gasteiger partial charge in [-0.1, -0.05) is 6.07 Å². The molecule has 0 bridgehead atoms. The summed E-state index contributed by atoms with van der Waals surface area (Å²) in [5, 5.41) is 0. The summed E-state index contributed by atoms with van der Waals surface area (Å²) < 4.78 is 5.71. The van der Waals surface area contributed by atoms with Crippen LogP contribution in [0.15, 0.2) is 42.5 Å². The summed E-state index contributed by atoms with van der Waals surface area (Å²) in [5.41, 5.74) is 3.69. The van der Waals surface area contributed by atoms with Crippen molar-refractivity contribution in [2.24, 2.45) is 0 Å². The van der Waals surface area contributed by atoms with Crippen molar-refractivity contribution in [2.45, 2.75) is 20.5 Å². The molecule has 18 heavy (non-hydrogen) atoms. The van der Waals surface area contributed by atoms with E-state index in [4.69, 9.17) is 4.74 Å². The van der Waals surface area contributed by atoms with Gasteiger partial charge in [-0.05, 0) is 37.1 Å². The normalized spacial score (nSPS) is 9.00. The third kappa shape index (κ3) is 5.00. The molecule has 0 aliphatic rings. The van der Waals surface area contributed by atoms with Crippen LogP contribution in [-0.2, 0) is 6.61 Å². The maximum absolute atomic E-state index is 5.71. The topological polar surface area (TPSA) is 9.23 Å². The van der Waals surface area contributed by atoms with E-state index in [1.165, 1.54) is 11.1 Å². The van der Waals surface area contributed by atoms with E-state index in [-0.39, 0.29) is 40.0 Å². The number of rotatable bonds is 3.